The monoisotopic (exact) mass is 554 g/mol. The summed E-state index contributed by atoms with van der Waals surface area (Å²) in [6.07, 6.45) is 4.09. The van der Waals surface area contributed by atoms with Gasteiger partial charge in [-0.05, 0) is 49.9 Å². The molecule has 2 fully saturated rings. The molecule has 0 spiro atoms. The highest BCUT2D eigenvalue weighted by Gasteiger charge is 2.39. The van der Waals surface area contributed by atoms with E-state index in [4.69, 9.17) is 4.74 Å². The van der Waals surface area contributed by atoms with Gasteiger partial charge in [-0.2, -0.15) is 0 Å². The number of likely N-dealkylation sites (N-methyl/N-ethyl adjacent to an activating group) is 1. The van der Waals surface area contributed by atoms with Crippen molar-refractivity contribution in [3.63, 3.8) is 0 Å². The van der Waals surface area contributed by atoms with E-state index in [2.05, 4.69) is 42.5 Å². The van der Waals surface area contributed by atoms with E-state index >= 15 is 0 Å². The first-order valence-corrected chi connectivity index (χ1v) is 13.8. The first-order chi connectivity index (χ1) is 19.7. The van der Waals surface area contributed by atoms with Gasteiger partial charge in [0.2, 0.25) is 11.9 Å². The number of anilines is 2. The fourth-order valence-electron chi connectivity index (χ4n) is 5.28. The van der Waals surface area contributed by atoms with E-state index in [-0.39, 0.29) is 23.3 Å². The fourth-order valence-corrected chi connectivity index (χ4v) is 5.28. The molecule has 11 nitrogen and oxygen atoms in total. The van der Waals surface area contributed by atoms with E-state index in [1.807, 2.05) is 49.1 Å². The van der Waals surface area contributed by atoms with Crippen molar-refractivity contribution >= 4 is 34.4 Å². The number of fused-ring (bicyclic) bond motifs is 1. The van der Waals surface area contributed by atoms with Gasteiger partial charge >= 0.3 is 0 Å². The molecule has 41 heavy (non-hydrogen) atoms. The normalized spacial score (nSPS) is 18.9. The number of benzene rings is 1. The maximum atomic E-state index is 13.0. The lowest BCUT2D eigenvalue weighted by Crippen LogP contribution is -2.47. The number of nitrogens with one attached hydrogen (secondary N) is 3. The van der Waals surface area contributed by atoms with Gasteiger partial charge in [-0.1, -0.05) is 13.8 Å². The molecule has 1 aromatic carbocycles. The van der Waals surface area contributed by atoms with Crippen LogP contribution in [0.1, 0.15) is 30.8 Å². The summed E-state index contributed by atoms with van der Waals surface area (Å²) < 4.78 is 5.98. The topological polar surface area (TPSA) is 128 Å². The zero-order valence-corrected chi connectivity index (χ0v) is 23.5. The molecule has 212 valence electrons. The maximum absolute atomic E-state index is 13.0. The second kappa shape index (κ2) is 10.8. The molecule has 0 saturated carbocycles. The first-order valence-electron chi connectivity index (χ1n) is 13.8. The van der Waals surface area contributed by atoms with Crippen molar-refractivity contribution in [2.75, 3.05) is 45.2 Å². The summed E-state index contributed by atoms with van der Waals surface area (Å²) in [6, 6.07) is 13.1. The summed E-state index contributed by atoms with van der Waals surface area (Å²) in [4.78, 5) is 46.0. The Kier molecular flexibility index (Phi) is 7.04. The molecule has 0 bridgehead atoms. The Morgan fingerprint density at radius 1 is 1.05 bits per heavy atom. The SMILES string of the molecule is CN1CCN(C(=O)c2cc3cc(Nc4nccc(-c5cc(OC[C@@H]6CC(C)(C)C(=O)N6)ccn5)n4)ccc3[nH]2)CC1. The van der Waals surface area contributed by atoms with Crippen LogP contribution in [0.25, 0.3) is 22.3 Å². The van der Waals surface area contributed by atoms with Crippen LogP contribution in [-0.2, 0) is 4.79 Å². The Morgan fingerprint density at radius 3 is 2.63 bits per heavy atom. The summed E-state index contributed by atoms with van der Waals surface area (Å²) in [5.74, 6) is 1.16. The van der Waals surface area contributed by atoms with Gasteiger partial charge in [0.1, 0.15) is 18.1 Å². The number of amides is 2. The molecular formula is C30H34N8O3. The van der Waals surface area contributed by atoms with Gasteiger partial charge in [-0.25, -0.2) is 9.97 Å². The zero-order valence-electron chi connectivity index (χ0n) is 23.5. The molecule has 1 atom stereocenters. The summed E-state index contributed by atoms with van der Waals surface area (Å²) in [7, 11) is 2.07. The molecule has 0 aliphatic carbocycles. The maximum Gasteiger partial charge on any atom is 0.270 e. The molecule has 2 aliphatic rings. The molecule has 3 aromatic heterocycles. The number of nitrogens with zero attached hydrogens (tertiary/aromatic N) is 5. The number of aromatic amines is 1. The number of ether oxygens (including phenoxy) is 1. The number of carbonyl (C=O) groups is 2. The van der Waals surface area contributed by atoms with Crippen molar-refractivity contribution in [2.24, 2.45) is 5.41 Å². The minimum atomic E-state index is -0.377. The fraction of sp³-hybridized carbons (Fsp3) is 0.367. The predicted molar refractivity (Wildman–Crippen MR) is 156 cm³/mol. The van der Waals surface area contributed by atoms with E-state index in [0.29, 0.717) is 35.4 Å². The Bertz CT molecular complexity index is 1590. The van der Waals surface area contributed by atoms with Crippen molar-refractivity contribution < 1.29 is 14.3 Å². The van der Waals surface area contributed by atoms with Crippen LogP contribution in [-0.4, -0.2) is 87.4 Å². The van der Waals surface area contributed by atoms with Crippen LogP contribution in [0.3, 0.4) is 0 Å². The van der Waals surface area contributed by atoms with Crippen LogP contribution in [0.4, 0.5) is 11.6 Å². The van der Waals surface area contributed by atoms with Crippen molar-refractivity contribution in [2.45, 2.75) is 26.3 Å². The molecular weight excluding hydrogens is 520 g/mol. The molecule has 2 saturated heterocycles. The van der Waals surface area contributed by atoms with Gasteiger partial charge in [0.15, 0.2) is 0 Å². The Balaban J connectivity index is 1.13. The lowest BCUT2D eigenvalue weighted by atomic mass is 9.90. The molecule has 0 unspecified atom stereocenters. The largest absolute Gasteiger partial charge is 0.491 e. The molecule has 2 amide bonds. The predicted octanol–water partition coefficient (Wildman–Crippen LogP) is 3.44. The highest BCUT2D eigenvalue weighted by atomic mass is 16.5. The average Bonchev–Trinajstić information content (AvgIpc) is 3.51. The number of hydrogen-bond donors (Lipinski definition) is 3. The van der Waals surface area contributed by atoms with E-state index in [9.17, 15) is 9.59 Å². The number of piperazine rings is 1. The van der Waals surface area contributed by atoms with Crippen LogP contribution < -0.4 is 15.4 Å². The number of rotatable bonds is 7. The quantitative estimate of drug-likeness (QED) is 0.317. The van der Waals surface area contributed by atoms with E-state index in [1.54, 1.807) is 24.5 Å². The number of aromatic nitrogens is 4. The molecule has 6 rings (SSSR count). The van der Waals surface area contributed by atoms with Crippen molar-refractivity contribution in [1.29, 1.82) is 0 Å². The van der Waals surface area contributed by atoms with Gasteiger partial charge in [-0.15, -0.1) is 0 Å². The molecule has 2 aliphatic heterocycles. The lowest BCUT2D eigenvalue weighted by Gasteiger charge is -2.32. The van der Waals surface area contributed by atoms with Crippen LogP contribution in [0.2, 0.25) is 0 Å². The highest BCUT2D eigenvalue weighted by molar-refractivity contribution is 5.98. The molecule has 5 heterocycles. The Labute approximate surface area is 238 Å². The van der Waals surface area contributed by atoms with Gasteiger partial charge < -0.3 is 30.2 Å². The van der Waals surface area contributed by atoms with Crippen molar-refractivity contribution in [3.8, 4) is 17.1 Å². The molecule has 11 heteroatoms. The summed E-state index contributed by atoms with van der Waals surface area (Å²) in [5, 5.41) is 7.19. The summed E-state index contributed by atoms with van der Waals surface area (Å²) in [5.41, 5.74) is 3.20. The number of pyridine rings is 1. The van der Waals surface area contributed by atoms with Gasteiger partial charge in [0, 0.05) is 66.6 Å². The number of hydrogen-bond acceptors (Lipinski definition) is 8. The van der Waals surface area contributed by atoms with E-state index < -0.39 is 0 Å². The summed E-state index contributed by atoms with van der Waals surface area (Å²) in [6.45, 7) is 7.49. The van der Waals surface area contributed by atoms with Crippen LogP contribution in [0.15, 0.2) is 54.9 Å². The molecule has 0 radical (unpaired) electrons. The summed E-state index contributed by atoms with van der Waals surface area (Å²) >= 11 is 0. The second-order valence-electron chi connectivity index (χ2n) is 11.4. The van der Waals surface area contributed by atoms with E-state index in [1.165, 1.54) is 0 Å². The third-order valence-electron chi connectivity index (χ3n) is 7.70. The molecule has 3 N–H and O–H groups in total. The minimum Gasteiger partial charge on any atom is -0.491 e. The Hall–Kier alpha value is -4.51. The molecule has 4 aromatic rings. The standard InChI is InChI=1S/C30H34N8O3/c1-30(2)17-21(33-28(30)40)18-41-22-6-8-31-25(16-22)24-7-9-32-29(36-24)34-20-4-5-23-19(14-20)15-26(35-23)27(39)38-12-10-37(3)11-13-38/h4-9,14-16,21,35H,10-13,17-18H2,1-3H3,(H,33,40)(H,32,34,36)/t21-/m0/s1. The third-order valence-corrected chi connectivity index (χ3v) is 7.70. The van der Waals surface area contributed by atoms with Gasteiger partial charge in [0.25, 0.3) is 5.91 Å². The average molecular weight is 555 g/mol. The van der Waals surface area contributed by atoms with Crippen LogP contribution in [0, 0.1) is 5.41 Å². The second-order valence-corrected chi connectivity index (χ2v) is 11.4. The lowest BCUT2D eigenvalue weighted by molar-refractivity contribution is -0.126. The highest BCUT2D eigenvalue weighted by Crippen LogP contribution is 2.29. The van der Waals surface area contributed by atoms with Gasteiger partial charge in [-0.3, -0.25) is 14.6 Å². The smallest absolute Gasteiger partial charge is 0.270 e. The number of carbonyl (C=O) groups excluding carboxylic acids is 2. The Morgan fingerprint density at radius 2 is 1.85 bits per heavy atom. The zero-order chi connectivity index (χ0) is 28.6. The number of H-pyrrole nitrogens is 1. The van der Waals surface area contributed by atoms with Crippen molar-refractivity contribution in [3.05, 3.63) is 60.6 Å². The van der Waals surface area contributed by atoms with Crippen molar-refractivity contribution in [1.82, 2.24) is 35.1 Å². The van der Waals surface area contributed by atoms with E-state index in [0.717, 1.165) is 49.2 Å². The van der Waals surface area contributed by atoms with Gasteiger partial charge in [0.05, 0.1) is 17.4 Å². The van der Waals surface area contributed by atoms with Crippen LogP contribution in [0.5, 0.6) is 5.75 Å². The first kappa shape index (κ1) is 26.7. The third kappa shape index (κ3) is 5.85. The van der Waals surface area contributed by atoms with Crippen LogP contribution >= 0.6 is 0 Å². The minimum absolute atomic E-state index is 0.0235.